The molecule has 0 saturated carbocycles. The fraction of sp³-hybridized carbons (Fsp3) is 0.235. The molecule has 1 N–H and O–H groups in total. The van der Waals surface area contributed by atoms with Crippen LogP contribution in [0.5, 0.6) is 0 Å². The van der Waals surface area contributed by atoms with Crippen LogP contribution in [0.4, 0.5) is 17.1 Å². The van der Waals surface area contributed by atoms with Crippen LogP contribution in [0.1, 0.15) is 22.3 Å². The number of amides is 1. The van der Waals surface area contributed by atoms with E-state index in [1.807, 2.05) is 0 Å². The first kappa shape index (κ1) is 17.9. The zero-order valence-corrected chi connectivity index (χ0v) is 14.8. The number of carbonyl (C=O) groups excluding carboxylic acids is 1. The molecule has 1 aliphatic rings. The van der Waals surface area contributed by atoms with Crippen molar-refractivity contribution in [3.8, 4) is 0 Å². The lowest BCUT2D eigenvalue weighted by atomic mass is 10.1. The second-order valence-corrected chi connectivity index (χ2v) is 7.97. The van der Waals surface area contributed by atoms with Crippen molar-refractivity contribution in [1.82, 2.24) is 0 Å². The number of nitro groups is 1. The van der Waals surface area contributed by atoms with Crippen molar-refractivity contribution >= 4 is 33.0 Å². The topological polar surface area (TPSA) is 110 Å². The van der Waals surface area contributed by atoms with Gasteiger partial charge in [-0.3, -0.25) is 19.2 Å². The highest BCUT2D eigenvalue weighted by Gasteiger charge is 2.28. The third kappa shape index (κ3) is 3.38. The molecule has 0 unspecified atom stereocenters. The standard InChI is InChI=1S/C17H17N3O5S/c1-12-15(7-3-8-16(12)20(22)23)17(21)18-13-5-2-6-14(11-13)19-9-4-10-26(19,24)25/h2-3,5-8,11H,4,9-10H2,1H3,(H,18,21). The molecular weight excluding hydrogens is 358 g/mol. The number of carbonyl (C=O) groups is 1. The molecule has 2 aromatic carbocycles. The van der Waals surface area contributed by atoms with Crippen LogP contribution in [0.25, 0.3) is 0 Å². The molecule has 3 rings (SSSR count). The molecule has 0 aliphatic carbocycles. The molecule has 1 amide bonds. The molecule has 1 fully saturated rings. The third-order valence-corrected chi connectivity index (χ3v) is 6.11. The molecule has 0 radical (unpaired) electrons. The second-order valence-electron chi connectivity index (χ2n) is 5.95. The molecule has 0 bridgehead atoms. The van der Waals surface area contributed by atoms with Gasteiger partial charge < -0.3 is 5.32 Å². The van der Waals surface area contributed by atoms with Gasteiger partial charge in [0.25, 0.3) is 11.6 Å². The molecule has 26 heavy (non-hydrogen) atoms. The van der Waals surface area contributed by atoms with E-state index in [2.05, 4.69) is 5.32 Å². The van der Waals surface area contributed by atoms with E-state index < -0.39 is 20.9 Å². The molecule has 136 valence electrons. The number of anilines is 2. The lowest BCUT2D eigenvalue weighted by Crippen LogP contribution is -2.25. The quantitative estimate of drug-likeness (QED) is 0.653. The molecule has 2 aromatic rings. The van der Waals surface area contributed by atoms with E-state index in [0.29, 0.717) is 24.3 Å². The van der Waals surface area contributed by atoms with E-state index >= 15 is 0 Å². The normalized spacial score (nSPS) is 15.7. The number of nitrogens with zero attached hydrogens (tertiary/aromatic N) is 2. The summed E-state index contributed by atoms with van der Waals surface area (Å²) < 4.78 is 25.4. The van der Waals surface area contributed by atoms with Gasteiger partial charge in [0.1, 0.15) is 0 Å². The van der Waals surface area contributed by atoms with Crippen LogP contribution >= 0.6 is 0 Å². The van der Waals surface area contributed by atoms with E-state index in [1.165, 1.54) is 29.4 Å². The molecular formula is C17H17N3O5S. The fourth-order valence-electron chi connectivity index (χ4n) is 2.93. The Hall–Kier alpha value is -2.94. The van der Waals surface area contributed by atoms with Gasteiger partial charge in [-0.2, -0.15) is 0 Å². The summed E-state index contributed by atoms with van der Waals surface area (Å²) in [5.74, 6) is -0.385. The summed E-state index contributed by atoms with van der Waals surface area (Å²) in [5.41, 5.74) is 1.23. The Morgan fingerprint density at radius 3 is 2.62 bits per heavy atom. The average molecular weight is 375 g/mol. The number of sulfonamides is 1. The largest absolute Gasteiger partial charge is 0.322 e. The van der Waals surface area contributed by atoms with Crippen LogP contribution in [0.15, 0.2) is 42.5 Å². The van der Waals surface area contributed by atoms with Crippen molar-refractivity contribution < 1.29 is 18.1 Å². The SMILES string of the molecule is Cc1c(C(=O)Nc2cccc(N3CCCS3(=O)=O)c2)cccc1[N+](=O)[O-]. The zero-order valence-electron chi connectivity index (χ0n) is 14.0. The van der Waals surface area contributed by atoms with E-state index in [9.17, 15) is 23.3 Å². The maximum absolute atomic E-state index is 12.5. The number of nitro benzene ring substituents is 1. The maximum atomic E-state index is 12.5. The van der Waals surface area contributed by atoms with Crippen LogP contribution in [0.3, 0.4) is 0 Å². The maximum Gasteiger partial charge on any atom is 0.273 e. The zero-order chi connectivity index (χ0) is 18.9. The number of hydrogen-bond donors (Lipinski definition) is 1. The first-order valence-corrected chi connectivity index (χ1v) is 9.56. The summed E-state index contributed by atoms with van der Waals surface area (Å²) in [6, 6.07) is 10.8. The second kappa shape index (κ2) is 6.75. The van der Waals surface area contributed by atoms with Crippen molar-refractivity contribution in [1.29, 1.82) is 0 Å². The van der Waals surface area contributed by atoms with Gasteiger partial charge in [-0.25, -0.2) is 8.42 Å². The van der Waals surface area contributed by atoms with Gasteiger partial charge in [0.15, 0.2) is 0 Å². The smallest absolute Gasteiger partial charge is 0.273 e. The average Bonchev–Trinajstić information content (AvgIpc) is 2.94. The van der Waals surface area contributed by atoms with Gasteiger partial charge in [-0.05, 0) is 37.6 Å². The summed E-state index contributed by atoms with van der Waals surface area (Å²) >= 11 is 0. The van der Waals surface area contributed by atoms with Crippen molar-refractivity contribution in [3.63, 3.8) is 0 Å². The first-order valence-electron chi connectivity index (χ1n) is 7.95. The molecule has 1 aliphatic heterocycles. The van der Waals surface area contributed by atoms with Gasteiger partial charge in [-0.15, -0.1) is 0 Å². The summed E-state index contributed by atoms with van der Waals surface area (Å²) in [7, 11) is -3.31. The van der Waals surface area contributed by atoms with Crippen LogP contribution < -0.4 is 9.62 Å². The van der Waals surface area contributed by atoms with Crippen molar-refractivity contribution in [2.45, 2.75) is 13.3 Å². The lowest BCUT2D eigenvalue weighted by Gasteiger charge is -2.18. The summed E-state index contributed by atoms with van der Waals surface area (Å²) in [4.78, 5) is 23.0. The lowest BCUT2D eigenvalue weighted by molar-refractivity contribution is -0.385. The van der Waals surface area contributed by atoms with Crippen molar-refractivity contribution in [2.75, 3.05) is 21.9 Å². The Labute approximate surface area is 150 Å². The van der Waals surface area contributed by atoms with Crippen LogP contribution in [-0.2, 0) is 10.0 Å². The highest BCUT2D eigenvalue weighted by Crippen LogP contribution is 2.27. The van der Waals surface area contributed by atoms with Crippen molar-refractivity contribution in [2.24, 2.45) is 0 Å². The van der Waals surface area contributed by atoms with E-state index in [1.54, 1.807) is 24.3 Å². The Kier molecular flexibility index (Phi) is 4.64. The molecule has 1 heterocycles. The predicted octanol–water partition coefficient (Wildman–Crippen LogP) is 2.70. The van der Waals surface area contributed by atoms with Crippen LogP contribution in [-0.4, -0.2) is 31.5 Å². The monoisotopic (exact) mass is 375 g/mol. The summed E-state index contributed by atoms with van der Waals surface area (Å²) in [6.45, 7) is 1.92. The number of benzene rings is 2. The number of nitrogens with one attached hydrogen (secondary N) is 1. The Morgan fingerprint density at radius 1 is 1.23 bits per heavy atom. The third-order valence-electron chi connectivity index (χ3n) is 4.24. The molecule has 9 heteroatoms. The fourth-order valence-corrected chi connectivity index (χ4v) is 4.49. The minimum absolute atomic E-state index is 0.108. The number of rotatable bonds is 4. The minimum Gasteiger partial charge on any atom is -0.322 e. The van der Waals surface area contributed by atoms with Crippen LogP contribution in [0.2, 0.25) is 0 Å². The summed E-state index contributed by atoms with van der Waals surface area (Å²) in [5, 5.41) is 13.7. The van der Waals surface area contributed by atoms with E-state index in [4.69, 9.17) is 0 Å². The van der Waals surface area contributed by atoms with Gasteiger partial charge in [-0.1, -0.05) is 12.1 Å². The summed E-state index contributed by atoms with van der Waals surface area (Å²) in [6.07, 6.45) is 0.561. The molecule has 1 saturated heterocycles. The van der Waals surface area contributed by atoms with Crippen molar-refractivity contribution in [3.05, 3.63) is 63.7 Å². The van der Waals surface area contributed by atoms with Gasteiger partial charge in [0.05, 0.1) is 16.4 Å². The van der Waals surface area contributed by atoms with E-state index in [0.717, 1.165) is 0 Å². The number of hydrogen-bond acceptors (Lipinski definition) is 5. The Morgan fingerprint density at radius 2 is 1.96 bits per heavy atom. The highest BCUT2D eigenvalue weighted by atomic mass is 32.2. The minimum atomic E-state index is -3.31. The molecule has 0 aromatic heterocycles. The highest BCUT2D eigenvalue weighted by molar-refractivity contribution is 7.93. The molecule has 0 atom stereocenters. The van der Waals surface area contributed by atoms with Gasteiger partial charge in [0, 0.05) is 29.4 Å². The Balaban J connectivity index is 1.86. The molecule has 0 spiro atoms. The van der Waals surface area contributed by atoms with Crippen LogP contribution in [0, 0.1) is 17.0 Å². The van der Waals surface area contributed by atoms with E-state index in [-0.39, 0.29) is 22.6 Å². The first-order chi connectivity index (χ1) is 12.3. The van der Waals surface area contributed by atoms with Gasteiger partial charge in [0.2, 0.25) is 10.0 Å². The predicted molar refractivity (Wildman–Crippen MR) is 98.0 cm³/mol. The molecule has 8 nitrogen and oxygen atoms in total. The Bertz CT molecular complexity index is 988. The van der Waals surface area contributed by atoms with Gasteiger partial charge >= 0.3 is 0 Å².